The van der Waals surface area contributed by atoms with E-state index in [0.29, 0.717) is 11.6 Å². The average Bonchev–Trinajstić information content (AvgIpc) is 2.14. The third-order valence-electron chi connectivity index (χ3n) is 2.15. The molecule has 2 N–H and O–H groups in total. The third-order valence-corrected chi connectivity index (χ3v) is 2.48. The fourth-order valence-corrected chi connectivity index (χ4v) is 1.64. The van der Waals surface area contributed by atoms with E-state index in [0.717, 1.165) is 5.56 Å². The Bertz CT molecular complexity index is 330. The highest BCUT2D eigenvalue weighted by molar-refractivity contribution is 6.31. The summed E-state index contributed by atoms with van der Waals surface area (Å²) in [5, 5.41) is 12.6. The molecule has 0 heterocycles. The molecule has 0 bridgehead atoms. The van der Waals surface area contributed by atoms with Gasteiger partial charge >= 0.3 is 0 Å². The first-order chi connectivity index (χ1) is 7.00. The summed E-state index contributed by atoms with van der Waals surface area (Å²) in [5.41, 5.74) is 0.832. The summed E-state index contributed by atoms with van der Waals surface area (Å²) in [5.74, 6) is -0.341. The molecule has 0 fully saturated rings. The molecule has 0 saturated heterocycles. The minimum absolute atomic E-state index is 0.00676. The molecule has 1 aromatic carbocycles. The van der Waals surface area contributed by atoms with Gasteiger partial charge in [0, 0.05) is 17.6 Å². The van der Waals surface area contributed by atoms with Crippen molar-refractivity contribution in [2.45, 2.75) is 26.0 Å². The zero-order chi connectivity index (χ0) is 11.4. The van der Waals surface area contributed by atoms with Crippen LogP contribution in [-0.2, 0) is 0 Å². The van der Waals surface area contributed by atoms with Gasteiger partial charge in [-0.2, -0.15) is 0 Å². The molecule has 1 aromatic rings. The first-order valence-corrected chi connectivity index (χ1v) is 5.25. The monoisotopic (exact) mass is 231 g/mol. The van der Waals surface area contributed by atoms with Gasteiger partial charge in [-0.15, -0.1) is 0 Å². The van der Waals surface area contributed by atoms with E-state index in [9.17, 15) is 4.39 Å². The minimum atomic E-state index is -0.410. The SMILES string of the molecule is C[C@H](O)CN[C@@H](C)c1ccc(F)cc1Cl. The van der Waals surface area contributed by atoms with E-state index in [4.69, 9.17) is 16.7 Å². The Labute approximate surface area is 94.1 Å². The normalized spacial score (nSPS) is 15.0. The van der Waals surface area contributed by atoms with Crippen molar-refractivity contribution in [2.24, 2.45) is 0 Å². The Morgan fingerprint density at radius 3 is 2.67 bits per heavy atom. The van der Waals surface area contributed by atoms with Crippen molar-refractivity contribution in [2.75, 3.05) is 6.54 Å². The smallest absolute Gasteiger partial charge is 0.124 e. The van der Waals surface area contributed by atoms with Crippen LogP contribution in [0.3, 0.4) is 0 Å². The van der Waals surface area contributed by atoms with Crippen LogP contribution in [0.2, 0.25) is 5.02 Å². The van der Waals surface area contributed by atoms with Gasteiger partial charge in [-0.05, 0) is 31.5 Å². The third kappa shape index (κ3) is 3.78. The number of hydrogen-bond donors (Lipinski definition) is 2. The van der Waals surface area contributed by atoms with Crippen molar-refractivity contribution in [3.63, 3.8) is 0 Å². The number of halogens is 2. The fourth-order valence-electron chi connectivity index (χ4n) is 1.31. The maximum absolute atomic E-state index is 12.8. The van der Waals surface area contributed by atoms with Crippen molar-refractivity contribution in [1.29, 1.82) is 0 Å². The summed E-state index contributed by atoms with van der Waals surface area (Å²) in [6.07, 6.45) is -0.410. The highest BCUT2D eigenvalue weighted by Gasteiger charge is 2.10. The molecule has 0 aromatic heterocycles. The van der Waals surface area contributed by atoms with Crippen LogP contribution in [0.4, 0.5) is 4.39 Å². The summed E-state index contributed by atoms with van der Waals surface area (Å²) >= 11 is 5.90. The number of benzene rings is 1. The average molecular weight is 232 g/mol. The largest absolute Gasteiger partial charge is 0.392 e. The maximum atomic E-state index is 12.8. The topological polar surface area (TPSA) is 32.3 Å². The Hall–Kier alpha value is -0.640. The van der Waals surface area contributed by atoms with Gasteiger partial charge in [-0.3, -0.25) is 0 Å². The van der Waals surface area contributed by atoms with E-state index in [1.165, 1.54) is 12.1 Å². The minimum Gasteiger partial charge on any atom is -0.392 e. The summed E-state index contributed by atoms with van der Waals surface area (Å²) in [4.78, 5) is 0. The van der Waals surface area contributed by atoms with Crippen LogP contribution in [0.5, 0.6) is 0 Å². The maximum Gasteiger partial charge on any atom is 0.124 e. The molecule has 0 aliphatic rings. The summed E-state index contributed by atoms with van der Waals surface area (Å²) < 4.78 is 12.8. The van der Waals surface area contributed by atoms with Gasteiger partial charge in [0.05, 0.1) is 6.10 Å². The van der Waals surface area contributed by atoms with E-state index in [-0.39, 0.29) is 11.9 Å². The van der Waals surface area contributed by atoms with Crippen molar-refractivity contribution < 1.29 is 9.50 Å². The van der Waals surface area contributed by atoms with Crippen LogP contribution < -0.4 is 5.32 Å². The quantitative estimate of drug-likeness (QED) is 0.835. The molecule has 0 spiro atoms. The number of hydrogen-bond acceptors (Lipinski definition) is 2. The summed E-state index contributed by atoms with van der Waals surface area (Å²) in [6.45, 7) is 4.10. The lowest BCUT2D eigenvalue weighted by Crippen LogP contribution is -2.27. The van der Waals surface area contributed by atoms with E-state index >= 15 is 0 Å². The molecule has 0 saturated carbocycles. The number of nitrogens with one attached hydrogen (secondary N) is 1. The molecule has 15 heavy (non-hydrogen) atoms. The van der Waals surface area contributed by atoms with Gasteiger partial charge < -0.3 is 10.4 Å². The second kappa shape index (κ2) is 5.45. The fraction of sp³-hybridized carbons (Fsp3) is 0.455. The molecule has 0 aliphatic heterocycles. The molecule has 0 unspecified atom stereocenters. The van der Waals surface area contributed by atoms with Crippen LogP contribution in [-0.4, -0.2) is 17.8 Å². The predicted octanol–water partition coefficient (Wildman–Crippen LogP) is 2.51. The van der Waals surface area contributed by atoms with Gasteiger partial charge in [-0.1, -0.05) is 17.7 Å². The summed E-state index contributed by atoms with van der Waals surface area (Å²) in [7, 11) is 0. The number of rotatable bonds is 4. The second-order valence-electron chi connectivity index (χ2n) is 3.64. The highest BCUT2D eigenvalue weighted by atomic mass is 35.5. The van der Waals surface area contributed by atoms with E-state index in [1.54, 1.807) is 13.0 Å². The Kier molecular flexibility index (Phi) is 4.51. The highest BCUT2D eigenvalue weighted by Crippen LogP contribution is 2.23. The lowest BCUT2D eigenvalue weighted by molar-refractivity contribution is 0.187. The molecule has 1 rings (SSSR count). The molecule has 0 aliphatic carbocycles. The van der Waals surface area contributed by atoms with Crippen molar-refractivity contribution in [3.05, 3.63) is 34.6 Å². The summed E-state index contributed by atoms with van der Waals surface area (Å²) in [6, 6.07) is 4.31. The van der Waals surface area contributed by atoms with Gasteiger partial charge in [0.1, 0.15) is 5.82 Å². The van der Waals surface area contributed by atoms with Gasteiger partial charge in [-0.25, -0.2) is 4.39 Å². The van der Waals surface area contributed by atoms with Gasteiger partial charge in [0.15, 0.2) is 0 Å². The molecule has 2 nitrogen and oxygen atoms in total. The molecule has 84 valence electrons. The number of aliphatic hydroxyl groups excluding tert-OH is 1. The van der Waals surface area contributed by atoms with Gasteiger partial charge in [0.25, 0.3) is 0 Å². The van der Waals surface area contributed by atoms with Crippen molar-refractivity contribution in [1.82, 2.24) is 5.32 Å². The van der Waals surface area contributed by atoms with E-state index in [2.05, 4.69) is 5.32 Å². The Balaban J connectivity index is 2.69. The van der Waals surface area contributed by atoms with Crippen LogP contribution >= 0.6 is 11.6 Å². The standard InChI is InChI=1S/C11H15ClFNO/c1-7(15)6-14-8(2)10-4-3-9(13)5-11(10)12/h3-5,7-8,14-15H,6H2,1-2H3/t7-,8-/m0/s1. The van der Waals surface area contributed by atoms with Crippen molar-refractivity contribution in [3.8, 4) is 0 Å². The molecular weight excluding hydrogens is 217 g/mol. The first-order valence-electron chi connectivity index (χ1n) is 4.87. The van der Waals surface area contributed by atoms with Crippen LogP contribution in [0.1, 0.15) is 25.5 Å². The molecule has 4 heteroatoms. The van der Waals surface area contributed by atoms with Crippen LogP contribution in [0.15, 0.2) is 18.2 Å². The zero-order valence-corrected chi connectivity index (χ0v) is 9.55. The zero-order valence-electron chi connectivity index (χ0n) is 8.80. The molecule has 0 radical (unpaired) electrons. The lowest BCUT2D eigenvalue weighted by atomic mass is 10.1. The van der Waals surface area contributed by atoms with Gasteiger partial charge in [0.2, 0.25) is 0 Å². The van der Waals surface area contributed by atoms with E-state index in [1.807, 2.05) is 6.92 Å². The van der Waals surface area contributed by atoms with Crippen LogP contribution in [0.25, 0.3) is 0 Å². The second-order valence-corrected chi connectivity index (χ2v) is 4.05. The lowest BCUT2D eigenvalue weighted by Gasteiger charge is -2.16. The first kappa shape index (κ1) is 12.4. The number of aliphatic hydroxyl groups is 1. The molecule has 0 amide bonds. The Morgan fingerprint density at radius 1 is 1.47 bits per heavy atom. The molecular formula is C11H15ClFNO. The van der Waals surface area contributed by atoms with Crippen molar-refractivity contribution >= 4 is 11.6 Å². The molecule has 2 atom stereocenters. The predicted molar refractivity (Wildman–Crippen MR) is 59.5 cm³/mol. The Morgan fingerprint density at radius 2 is 2.13 bits per heavy atom. The van der Waals surface area contributed by atoms with E-state index < -0.39 is 6.10 Å². The van der Waals surface area contributed by atoms with Crippen LogP contribution in [0, 0.1) is 5.82 Å².